The van der Waals surface area contributed by atoms with E-state index in [1.54, 1.807) is 0 Å². The summed E-state index contributed by atoms with van der Waals surface area (Å²) >= 11 is 0. The van der Waals surface area contributed by atoms with Crippen LogP contribution in [0.2, 0.25) is 0 Å². The molecular weight excluding hydrogens is 677 g/mol. The smallest absolute Gasteiger partial charge is 0.0462 e. The van der Waals surface area contributed by atoms with Crippen molar-refractivity contribution in [3.63, 3.8) is 0 Å². The summed E-state index contributed by atoms with van der Waals surface area (Å²) in [5, 5.41) is 0. The van der Waals surface area contributed by atoms with Crippen LogP contribution in [-0.4, -0.2) is 0 Å². The molecule has 2 nitrogen and oxygen atoms in total. The Balaban J connectivity index is 0.939. The van der Waals surface area contributed by atoms with Crippen LogP contribution in [0.25, 0.3) is 34.4 Å². The van der Waals surface area contributed by atoms with Crippen molar-refractivity contribution in [1.29, 1.82) is 0 Å². The average molecular weight is 723 g/mol. The number of anilines is 6. The largest absolute Gasteiger partial charge is 0.311 e. The van der Waals surface area contributed by atoms with Crippen molar-refractivity contribution in [2.75, 3.05) is 9.80 Å². The van der Waals surface area contributed by atoms with Crippen molar-refractivity contribution >= 4 is 46.3 Å². The third-order valence-electron chi connectivity index (χ3n) is 10.2. The number of para-hydroxylation sites is 3. The predicted molar refractivity (Wildman–Crippen MR) is 241 cm³/mol. The minimum absolute atomic E-state index is 0.111. The molecule has 0 fully saturated rings. The molecule has 0 atom stereocenters. The van der Waals surface area contributed by atoms with E-state index in [1.807, 2.05) is 0 Å². The zero-order chi connectivity index (χ0) is 38.3. The topological polar surface area (TPSA) is 6.48 Å². The van der Waals surface area contributed by atoms with Gasteiger partial charge in [-0.1, -0.05) is 172 Å². The molecule has 0 saturated carbocycles. The summed E-state index contributed by atoms with van der Waals surface area (Å²) in [4.78, 5) is 4.60. The normalized spacial score (nSPS) is 11.4. The molecule has 0 spiro atoms. The summed E-state index contributed by atoms with van der Waals surface area (Å²) in [6, 6.07) is 75.8. The molecular formula is C54H46N2. The highest BCUT2D eigenvalue weighted by Gasteiger charge is 2.17. The molecule has 0 amide bonds. The number of nitrogens with zero attached hydrogens (tertiary/aromatic N) is 2. The van der Waals surface area contributed by atoms with Gasteiger partial charge < -0.3 is 9.80 Å². The molecule has 2 heteroatoms. The van der Waals surface area contributed by atoms with Gasteiger partial charge in [-0.25, -0.2) is 0 Å². The van der Waals surface area contributed by atoms with Gasteiger partial charge in [-0.3, -0.25) is 0 Å². The highest BCUT2D eigenvalue weighted by Crippen LogP contribution is 2.38. The van der Waals surface area contributed by atoms with Crippen LogP contribution in [0.1, 0.15) is 37.5 Å². The molecule has 0 aliphatic rings. The van der Waals surface area contributed by atoms with Gasteiger partial charge in [-0.15, -0.1) is 0 Å². The van der Waals surface area contributed by atoms with Gasteiger partial charge in [0.05, 0.1) is 0 Å². The second kappa shape index (κ2) is 16.2. The SMILES string of the molecule is CC(C)(C)c1ccc(N(c2ccccc2)c2ccc(-c3ccc(/C=C/c4ccc(-c5ccc(N(c6ccccc6)c6ccccc6)cc5)cc4)cc3)cc2)cc1. The monoisotopic (exact) mass is 722 g/mol. The maximum atomic E-state index is 2.32. The first kappa shape index (κ1) is 36.1. The maximum absolute atomic E-state index is 2.32. The molecule has 0 bridgehead atoms. The molecule has 0 N–H and O–H groups in total. The van der Waals surface area contributed by atoms with Crippen molar-refractivity contribution in [3.05, 3.63) is 229 Å². The number of rotatable bonds is 10. The molecule has 8 aromatic rings. The standard InChI is InChI=1S/C54H46N2/c1-54(2,3)47-33-39-53(40-34-47)56(50-17-11-6-12-18-50)52-37-31-46(32-38-52)44-27-23-42(24-28-44)20-19-41-21-25-43(26-22-41)45-29-35-51(36-30-45)55(48-13-7-4-8-14-48)49-15-9-5-10-16-49/h4-40H,1-3H3/b20-19+. The second-order valence-electron chi connectivity index (χ2n) is 15.1. The van der Waals surface area contributed by atoms with Gasteiger partial charge in [-0.2, -0.15) is 0 Å². The molecule has 0 unspecified atom stereocenters. The summed E-state index contributed by atoms with van der Waals surface area (Å²) in [6.07, 6.45) is 4.36. The van der Waals surface area contributed by atoms with E-state index in [-0.39, 0.29) is 5.41 Å². The Kier molecular flexibility index (Phi) is 10.5. The lowest BCUT2D eigenvalue weighted by Gasteiger charge is -2.27. The Bertz CT molecular complexity index is 2440. The van der Waals surface area contributed by atoms with E-state index in [1.165, 1.54) is 38.9 Å². The number of hydrogen-bond donors (Lipinski definition) is 0. The number of benzene rings is 8. The van der Waals surface area contributed by atoms with Crippen LogP contribution in [0.3, 0.4) is 0 Å². The molecule has 0 radical (unpaired) electrons. The molecule has 0 aromatic heterocycles. The van der Waals surface area contributed by atoms with E-state index < -0.39 is 0 Å². The van der Waals surface area contributed by atoms with E-state index in [4.69, 9.17) is 0 Å². The summed E-state index contributed by atoms with van der Waals surface area (Å²) in [5.74, 6) is 0. The molecule has 0 aliphatic carbocycles. The second-order valence-corrected chi connectivity index (χ2v) is 15.1. The van der Waals surface area contributed by atoms with E-state index in [9.17, 15) is 0 Å². The molecule has 272 valence electrons. The Morgan fingerprint density at radius 1 is 0.286 bits per heavy atom. The minimum atomic E-state index is 0.111. The van der Waals surface area contributed by atoms with Crippen LogP contribution in [0.15, 0.2) is 212 Å². The third-order valence-corrected chi connectivity index (χ3v) is 10.2. The first-order chi connectivity index (χ1) is 27.4. The fraction of sp³-hybridized carbons (Fsp3) is 0.0741. The van der Waals surface area contributed by atoms with Gasteiger partial charge >= 0.3 is 0 Å². The summed E-state index contributed by atoms with van der Waals surface area (Å²) in [6.45, 7) is 6.76. The summed E-state index contributed by atoms with van der Waals surface area (Å²) in [7, 11) is 0. The van der Waals surface area contributed by atoms with Gasteiger partial charge in [0.2, 0.25) is 0 Å². The number of hydrogen-bond acceptors (Lipinski definition) is 2. The Labute approximate surface area is 332 Å². The first-order valence-corrected chi connectivity index (χ1v) is 19.3. The van der Waals surface area contributed by atoms with Crippen LogP contribution in [0.4, 0.5) is 34.1 Å². The van der Waals surface area contributed by atoms with Crippen molar-refractivity contribution in [3.8, 4) is 22.3 Å². The summed E-state index contributed by atoms with van der Waals surface area (Å²) < 4.78 is 0. The summed E-state index contributed by atoms with van der Waals surface area (Å²) in [5.41, 5.74) is 15.4. The van der Waals surface area contributed by atoms with Crippen LogP contribution in [0.5, 0.6) is 0 Å². The zero-order valence-electron chi connectivity index (χ0n) is 32.3. The van der Waals surface area contributed by atoms with Crippen LogP contribution < -0.4 is 9.80 Å². The predicted octanol–water partition coefficient (Wildman–Crippen LogP) is 15.4. The lowest BCUT2D eigenvalue weighted by molar-refractivity contribution is 0.590. The van der Waals surface area contributed by atoms with Gasteiger partial charge in [0.25, 0.3) is 0 Å². The third kappa shape index (κ3) is 8.26. The van der Waals surface area contributed by atoms with E-state index >= 15 is 0 Å². The van der Waals surface area contributed by atoms with E-state index in [2.05, 4.69) is 255 Å². The fourth-order valence-corrected chi connectivity index (χ4v) is 7.11. The highest BCUT2D eigenvalue weighted by atomic mass is 15.1. The Morgan fingerprint density at radius 2 is 0.536 bits per heavy atom. The molecule has 0 heterocycles. The molecule has 8 aromatic carbocycles. The molecule has 0 saturated heterocycles. The lowest BCUT2D eigenvalue weighted by Crippen LogP contribution is -2.13. The Hall–Kier alpha value is -6.90. The van der Waals surface area contributed by atoms with Crippen molar-refractivity contribution in [1.82, 2.24) is 0 Å². The van der Waals surface area contributed by atoms with E-state index in [0.717, 1.165) is 34.1 Å². The molecule has 0 aliphatic heterocycles. The Morgan fingerprint density at radius 3 is 0.821 bits per heavy atom. The fourth-order valence-electron chi connectivity index (χ4n) is 7.11. The van der Waals surface area contributed by atoms with Crippen LogP contribution >= 0.6 is 0 Å². The van der Waals surface area contributed by atoms with Gasteiger partial charge in [0.15, 0.2) is 0 Å². The van der Waals surface area contributed by atoms with Crippen LogP contribution in [0, 0.1) is 0 Å². The average Bonchev–Trinajstić information content (AvgIpc) is 3.25. The lowest BCUT2D eigenvalue weighted by atomic mass is 9.87. The van der Waals surface area contributed by atoms with Crippen molar-refractivity contribution in [2.24, 2.45) is 0 Å². The molecule has 56 heavy (non-hydrogen) atoms. The maximum Gasteiger partial charge on any atom is 0.0462 e. The highest BCUT2D eigenvalue weighted by molar-refractivity contribution is 5.81. The minimum Gasteiger partial charge on any atom is -0.311 e. The first-order valence-electron chi connectivity index (χ1n) is 19.3. The van der Waals surface area contributed by atoms with E-state index in [0.29, 0.717) is 0 Å². The van der Waals surface area contributed by atoms with Crippen LogP contribution in [-0.2, 0) is 5.41 Å². The van der Waals surface area contributed by atoms with Gasteiger partial charge in [-0.05, 0) is 117 Å². The van der Waals surface area contributed by atoms with Gasteiger partial charge in [0.1, 0.15) is 0 Å². The quantitative estimate of drug-likeness (QED) is 0.130. The zero-order valence-corrected chi connectivity index (χ0v) is 32.3. The van der Waals surface area contributed by atoms with Gasteiger partial charge in [0, 0.05) is 34.1 Å². The molecule has 8 rings (SSSR count). The van der Waals surface area contributed by atoms with Crippen molar-refractivity contribution < 1.29 is 0 Å². The van der Waals surface area contributed by atoms with Crippen molar-refractivity contribution in [2.45, 2.75) is 26.2 Å².